The van der Waals surface area contributed by atoms with Crippen molar-refractivity contribution in [1.29, 1.82) is 0 Å². The number of rotatable bonds is 4. The smallest absolute Gasteiger partial charge is 0.329 e. The Bertz CT molecular complexity index is 850. The van der Waals surface area contributed by atoms with Crippen LogP contribution in [0.25, 0.3) is 5.69 Å². The molecule has 0 bridgehead atoms. The van der Waals surface area contributed by atoms with Gasteiger partial charge in [0.05, 0.1) is 4.92 Å². The molecule has 1 N–H and O–H groups in total. The molecule has 130 valence electrons. The Labute approximate surface area is 141 Å². The van der Waals surface area contributed by atoms with E-state index in [2.05, 4.69) is 10.1 Å². The molecular formula is C15H15N5O5. The Morgan fingerprint density at radius 3 is 2.76 bits per heavy atom. The lowest BCUT2D eigenvalue weighted by molar-refractivity contribution is -0.384. The second-order valence-electron chi connectivity index (χ2n) is 5.94. The van der Waals surface area contributed by atoms with Crippen molar-refractivity contribution in [3.8, 4) is 5.69 Å². The third kappa shape index (κ3) is 2.71. The number of hydrogen-bond acceptors (Lipinski definition) is 6. The topological polar surface area (TPSA) is 131 Å². The van der Waals surface area contributed by atoms with Crippen LogP contribution in [-0.4, -0.2) is 53.7 Å². The number of nitro groups is 1. The lowest BCUT2D eigenvalue weighted by Gasteiger charge is -2.31. The number of carboxylic acid groups (broad SMARTS) is 1. The molecule has 1 aromatic carbocycles. The summed E-state index contributed by atoms with van der Waals surface area (Å²) in [5.74, 6) is -1.64. The number of likely N-dealkylation sites (tertiary alicyclic amines) is 1. The first-order chi connectivity index (χ1) is 11.8. The van der Waals surface area contributed by atoms with Gasteiger partial charge >= 0.3 is 5.97 Å². The summed E-state index contributed by atoms with van der Waals surface area (Å²) >= 11 is 0. The Hall–Kier alpha value is -3.30. The van der Waals surface area contributed by atoms with Gasteiger partial charge in [-0.2, -0.15) is 5.10 Å². The van der Waals surface area contributed by atoms with Crippen LogP contribution in [0.15, 0.2) is 30.9 Å². The van der Waals surface area contributed by atoms with E-state index >= 15 is 0 Å². The van der Waals surface area contributed by atoms with Gasteiger partial charge in [0.1, 0.15) is 23.9 Å². The molecule has 0 saturated carbocycles. The van der Waals surface area contributed by atoms with Gasteiger partial charge < -0.3 is 10.0 Å². The van der Waals surface area contributed by atoms with Crippen LogP contribution >= 0.6 is 0 Å². The molecular weight excluding hydrogens is 330 g/mol. The van der Waals surface area contributed by atoms with Crippen molar-refractivity contribution in [3.63, 3.8) is 0 Å². The van der Waals surface area contributed by atoms with Crippen LogP contribution in [0.4, 0.5) is 5.69 Å². The quantitative estimate of drug-likeness (QED) is 0.651. The summed E-state index contributed by atoms with van der Waals surface area (Å²) in [5, 5.41) is 24.7. The number of benzene rings is 1. The average Bonchev–Trinajstić information content (AvgIpc) is 3.23. The molecule has 1 unspecified atom stereocenters. The fourth-order valence-corrected chi connectivity index (χ4v) is 3.00. The molecule has 1 aliphatic rings. The molecule has 1 saturated heterocycles. The van der Waals surface area contributed by atoms with Gasteiger partial charge in [0, 0.05) is 18.2 Å². The van der Waals surface area contributed by atoms with Crippen LogP contribution in [0.3, 0.4) is 0 Å². The summed E-state index contributed by atoms with van der Waals surface area (Å²) < 4.78 is 1.23. The predicted molar refractivity (Wildman–Crippen MR) is 84.3 cm³/mol. The van der Waals surface area contributed by atoms with E-state index in [4.69, 9.17) is 0 Å². The number of amides is 1. The maximum atomic E-state index is 12.7. The first-order valence-electron chi connectivity index (χ1n) is 7.53. The van der Waals surface area contributed by atoms with Gasteiger partial charge in [-0.05, 0) is 31.9 Å². The van der Waals surface area contributed by atoms with E-state index in [1.807, 2.05) is 0 Å². The van der Waals surface area contributed by atoms with Crippen molar-refractivity contribution in [2.45, 2.75) is 25.3 Å². The van der Waals surface area contributed by atoms with E-state index in [0.717, 1.165) is 6.07 Å². The van der Waals surface area contributed by atoms with E-state index in [1.54, 1.807) is 0 Å². The Morgan fingerprint density at radius 2 is 2.16 bits per heavy atom. The molecule has 1 fully saturated rings. The lowest BCUT2D eigenvalue weighted by atomic mass is 9.98. The summed E-state index contributed by atoms with van der Waals surface area (Å²) in [6.07, 6.45) is 3.46. The van der Waals surface area contributed by atoms with E-state index in [9.17, 15) is 24.8 Å². The number of aliphatic carboxylic acids is 1. The van der Waals surface area contributed by atoms with Gasteiger partial charge in [-0.1, -0.05) is 0 Å². The van der Waals surface area contributed by atoms with Crippen LogP contribution in [0.5, 0.6) is 0 Å². The molecule has 10 nitrogen and oxygen atoms in total. The molecule has 3 rings (SSSR count). The van der Waals surface area contributed by atoms with Gasteiger partial charge in [-0.25, -0.2) is 14.5 Å². The van der Waals surface area contributed by atoms with Crippen molar-refractivity contribution < 1.29 is 19.6 Å². The van der Waals surface area contributed by atoms with E-state index in [-0.39, 0.29) is 16.9 Å². The Balaban J connectivity index is 2.01. The first kappa shape index (κ1) is 16.6. The molecule has 1 aliphatic heterocycles. The number of carbonyl (C=O) groups is 2. The van der Waals surface area contributed by atoms with Crippen molar-refractivity contribution in [3.05, 3.63) is 46.5 Å². The van der Waals surface area contributed by atoms with Crippen molar-refractivity contribution in [2.24, 2.45) is 0 Å². The minimum absolute atomic E-state index is 0.0601. The fourth-order valence-electron chi connectivity index (χ4n) is 3.00. The van der Waals surface area contributed by atoms with Gasteiger partial charge in [0.15, 0.2) is 0 Å². The highest BCUT2D eigenvalue weighted by molar-refractivity contribution is 5.99. The van der Waals surface area contributed by atoms with Crippen LogP contribution in [-0.2, 0) is 4.79 Å². The molecule has 25 heavy (non-hydrogen) atoms. The Kier molecular flexibility index (Phi) is 3.95. The van der Waals surface area contributed by atoms with Crippen molar-refractivity contribution >= 4 is 17.6 Å². The van der Waals surface area contributed by atoms with Gasteiger partial charge in [-0.15, -0.1) is 0 Å². The second kappa shape index (κ2) is 5.96. The molecule has 1 amide bonds. The molecule has 0 radical (unpaired) electrons. The average molecular weight is 345 g/mol. The van der Waals surface area contributed by atoms with Crippen molar-refractivity contribution in [2.75, 3.05) is 6.54 Å². The van der Waals surface area contributed by atoms with Crippen molar-refractivity contribution in [1.82, 2.24) is 19.7 Å². The van der Waals surface area contributed by atoms with Crippen LogP contribution in [0.2, 0.25) is 0 Å². The normalized spacial score (nSPS) is 19.8. The third-order valence-corrected chi connectivity index (χ3v) is 4.43. The second-order valence-corrected chi connectivity index (χ2v) is 5.94. The zero-order valence-electron chi connectivity index (χ0n) is 13.3. The number of carbonyl (C=O) groups excluding carboxylic acids is 1. The molecule has 0 aliphatic carbocycles. The molecule has 1 aromatic heterocycles. The summed E-state index contributed by atoms with van der Waals surface area (Å²) in [6, 6.07) is 3.96. The van der Waals surface area contributed by atoms with E-state index < -0.39 is 22.3 Å². The largest absolute Gasteiger partial charge is 0.480 e. The van der Waals surface area contributed by atoms with E-state index in [1.165, 1.54) is 41.3 Å². The zero-order valence-corrected chi connectivity index (χ0v) is 13.3. The van der Waals surface area contributed by atoms with Crippen LogP contribution < -0.4 is 0 Å². The SMILES string of the molecule is CC1(C(=O)O)CCCN1C(=O)c1ccc(-n2cncn2)c([N+](=O)[O-])c1. The minimum Gasteiger partial charge on any atom is -0.480 e. The summed E-state index contributed by atoms with van der Waals surface area (Å²) in [4.78, 5) is 40.0. The molecule has 0 spiro atoms. The number of carboxylic acids is 1. The van der Waals surface area contributed by atoms with Gasteiger partial charge in [-0.3, -0.25) is 14.9 Å². The fraction of sp³-hybridized carbons (Fsp3) is 0.333. The maximum absolute atomic E-state index is 12.7. The first-order valence-corrected chi connectivity index (χ1v) is 7.53. The zero-order chi connectivity index (χ0) is 18.2. The molecule has 2 aromatic rings. The molecule has 10 heteroatoms. The summed E-state index contributed by atoms with van der Waals surface area (Å²) in [5.41, 5.74) is -1.39. The summed E-state index contributed by atoms with van der Waals surface area (Å²) in [7, 11) is 0. The lowest BCUT2D eigenvalue weighted by Crippen LogP contribution is -2.50. The highest BCUT2D eigenvalue weighted by Gasteiger charge is 2.46. The maximum Gasteiger partial charge on any atom is 0.329 e. The monoisotopic (exact) mass is 345 g/mol. The van der Waals surface area contributed by atoms with Gasteiger partial charge in [0.2, 0.25) is 0 Å². The van der Waals surface area contributed by atoms with Crippen LogP contribution in [0, 0.1) is 10.1 Å². The highest BCUT2D eigenvalue weighted by Crippen LogP contribution is 2.32. The van der Waals surface area contributed by atoms with Gasteiger partial charge in [0.25, 0.3) is 11.6 Å². The van der Waals surface area contributed by atoms with Crippen LogP contribution in [0.1, 0.15) is 30.1 Å². The minimum atomic E-state index is -1.31. The summed E-state index contributed by atoms with van der Waals surface area (Å²) in [6.45, 7) is 1.78. The predicted octanol–water partition coefficient (Wildman–Crippen LogP) is 1.25. The number of nitro benzene ring substituents is 1. The molecule has 2 heterocycles. The standard InChI is InChI=1S/C15H15N5O5/c1-15(14(22)23)5-2-6-18(15)13(21)10-3-4-11(12(7-10)20(24)25)19-9-16-8-17-19/h3-4,7-9H,2,5-6H2,1H3,(H,22,23). The number of aromatic nitrogens is 3. The number of hydrogen-bond donors (Lipinski definition) is 1. The van der Waals surface area contributed by atoms with E-state index in [0.29, 0.717) is 19.4 Å². The highest BCUT2D eigenvalue weighted by atomic mass is 16.6. The third-order valence-electron chi connectivity index (χ3n) is 4.43. The molecule has 1 atom stereocenters. The number of nitrogens with zero attached hydrogens (tertiary/aromatic N) is 5. The Morgan fingerprint density at radius 1 is 1.40 bits per heavy atom.